The molecule has 0 fully saturated rings. The van der Waals surface area contributed by atoms with Crippen LogP contribution in [-0.4, -0.2) is 12.4 Å². The first-order chi connectivity index (χ1) is 5.33. The summed E-state index contributed by atoms with van der Waals surface area (Å²) in [6, 6.07) is 0. The first-order valence-electron chi connectivity index (χ1n) is 3.90. The third kappa shape index (κ3) is 71100. The highest BCUT2D eigenvalue weighted by Gasteiger charge is 1.34. The lowest BCUT2D eigenvalue weighted by atomic mass is 10.8. The Morgan fingerprint density at radius 1 is 0.909 bits per heavy atom. The van der Waals surface area contributed by atoms with Crippen molar-refractivity contribution in [3.8, 4) is 0 Å². The molecule has 0 rings (SSSR count). The zero-order valence-electron chi connectivity index (χ0n) is 8.44. The molecule has 11 heavy (non-hydrogen) atoms. The maximum atomic E-state index is 6.08. The van der Waals surface area contributed by atoms with E-state index in [1.54, 1.807) is 6.08 Å². The molecule has 0 aromatic rings. The van der Waals surface area contributed by atoms with Gasteiger partial charge in [0.2, 0.25) is 0 Å². The highest BCUT2D eigenvalue weighted by atomic mass is 14.4. The molecule has 0 bridgehead atoms. The largest absolute Gasteiger partial charge is 0.307 e. The molecule has 0 saturated heterocycles. The molecule has 0 amide bonds. The fourth-order valence-electron chi connectivity index (χ4n) is 0. The van der Waals surface area contributed by atoms with Crippen LogP contribution in [0.25, 0.3) is 0 Å². The van der Waals surface area contributed by atoms with Crippen LogP contribution < -0.4 is 0 Å². The molecule has 0 aliphatic carbocycles. The van der Waals surface area contributed by atoms with Crippen LogP contribution in [0.4, 0.5) is 0 Å². The van der Waals surface area contributed by atoms with E-state index in [2.05, 4.69) is 6.58 Å². The van der Waals surface area contributed by atoms with E-state index in [1.807, 2.05) is 34.6 Å². The third-order valence-electron chi connectivity index (χ3n) is 0.0833. The second-order valence-corrected chi connectivity index (χ2v) is 0.742. The fourth-order valence-corrected chi connectivity index (χ4v) is 0. The van der Waals surface area contributed by atoms with Crippen molar-refractivity contribution in [2.24, 2.45) is 0 Å². The lowest BCUT2D eigenvalue weighted by molar-refractivity contribution is 1.50. The van der Waals surface area contributed by atoms with Crippen molar-refractivity contribution in [2.75, 3.05) is 0 Å². The molecule has 0 aromatic carbocycles. The van der Waals surface area contributed by atoms with Crippen LogP contribution in [0, 0.1) is 10.8 Å². The Balaban J connectivity index is -0.0000000315. The summed E-state index contributed by atoms with van der Waals surface area (Å²) in [5, 5.41) is 12.2. The number of nitrogens with one attached hydrogen (secondary N) is 2. The molecule has 2 nitrogen and oxygen atoms in total. The summed E-state index contributed by atoms with van der Waals surface area (Å²) in [5.74, 6) is 0. The van der Waals surface area contributed by atoms with E-state index in [4.69, 9.17) is 10.8 Å². The minimum atomic E-state index is 0.917. The zero-order valence-corrected chi connectivity index (χ0v) is 8.44. The molecule has 2 heteroatoms. The van der Waals surface area contributed by atoms with Crippen LogP contribution in [0.15, 0.2) is 12.7 Å². The lowest BCUT2D eigenvalue weighted by Gasteiger charge is -1.42. The highest BCUT2D eigenvalue weighted by Crippen LogP contribution is 1.38. The second-order valence-electron chi connectivity index (χ2n) is 0.742. The minimum Gasteiger partial charge on any atom is -0.307 e. The standard InChI is InChI=1S/C3H6.C2H4N2.2C2H6/c1-3-2;3-1-2-4;2*1-2/h3H,1H2,2H3;1-4H;2*1-2H3. The molecule has 0 unspecified atom stereocenters. The maximum absolute atomic E-state index is 6.08. The van der Waals surface area contributed by atoms with E-state index in [1.165, 1.54) is 0 Å². The van der Waals surface area contributed by atoms with E-state index >= 15 is 0 Å². The summed E-state index contributed by atoms with van der Waals surface area (Å²) in [7, 11) is 0. The molecule has 0 aliphatic rings. The Labute approximate surface area is 71.4 Å². The normalized spacial score (nSPS) is 4.09. The predicted molar refractivity (Wildman–Crippen MR) is 56.1 cm³/mol. The summed E-state index contributed by atoms with van der Waals surface area (Å²) >= 11 is 0. The van der Waals surface area contributed by atoms with E-state index < -0.39 is 0 Å². The summed E-state index contributed by atoms with van der Waals surface area (Å²) in [5.41, 5.74) is 0. The molecule has 0 aliphatic heterocycles. The Hall–Kier alpha value is -0.920. The second kappa shape index (κ2) is 137. The van der Waals surface area contributed by atoms with Gasteiger partial charge < -0.3 is 10.8 Å². The van der Waals surface area contributed by atoms with Gasteiger partial charge in [-0.3, -0.25) is 0 Å². The average Bonchev–Trinajstić information content (AvgIpc) is 2.12. The molecule has 2 N–H and O–H groups in total. The number of hydrogen-bond acceptors (Lipinski definition) is 2. The van der Waals surface area contributed by atoms with Crippen molar-refractivity contribution in [3.05, 3.63) is 12.7 Å². The maximum Gasteiger partial charge on any atom is 0.0353 e. The molecule has 0 spiro atoms. The summed E-state index contributed by atoms with van der Waals surface area (Å²) in [6.07, 6.45) is 3.58. The summed E-state index contributed by atoms with van der Waals surface area (Å²) < 4.78 is 0. The van der Waals surface area contributed by atoms with Crippen molar-refractivity contribution in [1.82, 2.24) is 0 Å². The van der Waals surface area contributed by atoms with Crippen LogP contribution in [0.3, 0.4) is 0 Å². The average molecular weight is 158 g/mol. The van der Waals surface area contributed by atoms with Gasteiger partial charge in [0.15, 0.2) is 0 Å². The van der Waals surface area contributed by atoms with Crippen molar-refractivity contribution in [2.45, 2.75) is 34.6 Å². The first-order valence-corrected chi connectivity index (χ1v) is 3.90. The molecule has 0 heterocycles. The number of hydrogen-bond donors (Lipinski definition) is 2. The lowest BCUT2D eigenvalue weighted by Crippen LogP contribution is -1.58. The Morgan fingerprint density at radius 3 is 1.00 bits per heavy atom. The molecule has 0 saturated carbocycles. The molecule has 0 radical (unpaired) electrons. The number of allylic oxidation sites excluding steroid dienone is 1. The van der Waals surface area contributed by atoms with E-state index in [-0.39, 0.29) is 0 Å². The Morgan fingerprint density at radius 2 is 1.00 bits per heavy atom. The summed E-state index contributed by atoms with van der Waals surface area (Å²) in [4.78, 5) is 0. The fraction of sp³-hybridized carbons (Fsp3) is 0.556. The SMILES string of the molecule is C=CC.CC.CC.N=CC=N. The van der Waals surface area contributed by atoms with Crippen molar-refractivity contribution in [1.29, 1.82) is 10.8 Å². The van der Waals surface area contributed by atoms with Gasteiger partial charge in [-0.1, -0.05) is 33.8 Å². The van der Waals surface area contributed by atoms with Gasteiger partial charge in [-0.2, -0.15) is 0 Å². The first kappa shape index (κ1) is 22.5. The minimum absolute atomic E-state index is 0.917. The Bertz CT molecular complexity index is 52.6. The number of rotatable bonds is 1. The van der Waals surface area contributed by atoms with Gasteiger partial charge in [0.25, 0.3) is 0 Å². The van der Waals surface area contributed by atoms with E-state index in [0.717, 1.165) is 12.4 Å². The molecule has 0 aromatic heterocycles. The highest BCUT2D eigenvalue weighted by molar-refractivity contribution is 6.12. The zero-order chi connectivity index (χ0) is 10.1. The van der Waals surface area contributed by atoms with Gasteiger partial charge >= 0.3 is 0 Å². The van der Waals surface area contributed by atoms with Gasteiger partial charge in [-0.15, -0.1) is 6.58 Å². The predicted octanol–water partition coefficient (Wildman–Crippen LogP) is 3.53. The van der Waals surface area contributed by atoms with Crippen LogP contribution >= 0.6 is 0 Å². The smallest absolute Gasteiger partial charge is 0.0353 e. The monoisotopic (exact) mass is 158 g/mol. The van der Waals surface area contributed by atoms with Crippen LogP contribution in [0.2, 0.25) is 0 Å². The van der Waals surface area contributed by atoms with Crippen LogP contribution in [-0.2, 0) is 0 Å². The van der Waals surface area contributed by atoms with Gasteiger partial charge in [-0.25, -0.2) is 0 Å². The van der Waals surface area contributed by atoms with Gasteiger partial charge in [0.1, 0.15) is 0 Å². The van der Waals surface area contributed by atoms with Crippen molar-refractivity contribution >= 4 is 12.4 Å². The van der Waals surface area contributed by atoms with Crippen LogP contribution in [0.5, 0.6) is 0 Å². The molecule has 0 atom stereocenters. The molecular formula is C9H22N2. The molecular weight excluding hydrogens is 136 g/mol. The van der Waals surface area contributed by atoms with Gasteiger partial charge in [0.05, 0.1) is 0 Å². The van der Waals surface area contributed by atoms with Gasteiger partial charge in [0, 0.05) is 12.4 Å². The summed E-state index contributed by atoms with van der Waals surface area (Å²) in [6.45, 7) is 13.2. The van der Waals surface area contributed by atoms with E-state index in [0.29, 0.717) is 0 Å². The van der Waals surface area contributed by atoms with Crippen molar-refractivity contribution < 1.29 is 0 Å². The third-order valence-corrected chi connectivity index (χ3v) is 0.0833. The Kier molecular flexibility index (Phi) is 280. The topological polar surface area (TPSA) is 47.7 Å². The quantitative estimate of drug-likeness (QED) is 0.433. The van der Waals surface area contributed by atoms with Crippen molar-refractivity contribution in [3.63, 3.8) is 0 Å². The molecule has 68 valence electrons. The van der Waals surface area contributed by atoms with E-state index in [9.17, 15) is 0 Å². The van der Waals surface area contributed by atoms with Gasteiger partial charge in [-0.05, 0) is 6.92 Å². The van der Waals surface area contributed by atoms with Crippen LogP contribution in [0.1, 0.15) is 34.6 Å².